The van der Waals surface area contributed by atoms with Crippen LogP contribution in [0.1, 0.15) is 0 Å². The third-order valence-electron chi connectivity index (χ3n) is 3.19. The van der Waals surface area contributed by atoms with Gasteiger partial charge < -0.3 is 0 Å². The fourth-order valence-corrected chi connectivity index (χ4v) is 2.01. The zero-order valence-electron chi connectivity index (χ0n) is 12.1. The van der Waals surface area contributed by atoms with Gasteiger partial charge in [-0.2, -0.15) is 0 Å². The monoisotopic (exact) mass is 323 g/mol. The van der Waals surface area contributed by atoms with Crippen LogP contribution in [0, 0.1) is 20.2 Å². The molecule has 0 radical (unpaired) electrons. The zero-order chi connectivity index (χ0) is 17.1. The Morgan fingerprint density at radius 1 is 0.667 bits per heavy atom. The molecule has 0 fully saturated rings. The van der Waals surface area contributed by atoms with Crippen LogP contribution in [0.5, 0.6) is 0 Å². The lowest BCUT2D eigenvalue weighted by molar-refractivity contribution is -0.385. The molecule has 24 heavy (non-hydrogen) atoms. The molecule has 3 rings (SSSR count). The van der Waals surface area contributed by atoms with Crippen molar-refractivity contribution in [3.05, 3.63) is 75.1 Å². The molecule has 0 saturated carbocycles. The molecule has 0 amide bonds. The molecule has 0 aliphatic carbocycles. The summed E-state index contributed by atoms with van der Waals surface area (Å²) < 4.78 is 0. The van der Waals surface area contributed by atoms with E-state index in [0.29, 0.717) is 22.8 Å². The standard InChI is InChI=1S/C15H9N5O4/c21-19(22)10-4-6-12(16-8-10)14-2-1-3-15(18-14)13-7-5-11(9-17-13)20(23)24/h1-9H. The summed E-state index contributed by atoms with van der Waals surface area (Å²) in [5.41, 5.74) is 1.78. The van der Waals surface area contributed by atoms with Gasteiger partial charge in [0.15, 0.2) is 0 Å². The predicted octanol–water partition coefficient (Wildman–Crippen LogP) is 3.02. The fourth-order valence-electron chi connectivity index (χ4n) is 2.01. The second-order valence-corrected chi connectivity index (χ2v) is 4.73. The highest BCUT2D eigenvalue weighted by molar-refractivity contribution is 5.62. The van der Waals surface area contributed by atoms with Crippen molar-refractivity contribution < 1.29 is 9.85 Å². The van der Waals surface area contributed by atoms with Gasteiger partial charge in [0.2, 0.25) is 0 Å². The van der Waals surface area contributed by atoms with E-state index in [4.69, 9.17) is 0 Å². The molecule has 9 heteroatoms. The summed E-state index contributed by atoms with van der Waals surface area (Å²) in [5.74, 6) is 0. The summed E-state index contributed by atoms with van der Waals surface area (Å²) in [6, 6.07) is 10.9. The van der Waals surface area contributed by atoms with Crippen LogP contribution in [0.2, 0.25) is 0 Å². The maximum absolute atomic E-state index is 10.7. The number of nitro groups is 2. The van der Waals surface area contributed by atoms with Crippen LogP contribution in [-0.4, -0.2) is 24.8 Å². The summed E-state index contributed by atoms with van der Waals surface area (Å²) >= 11 is 0. The first kappa shape index (κ1) is 15.2. The summed E-state index contributed by atoms with van der Waals surface area (Å²) in [7, 11) is 0. The van der Waals surface area contributed by atoms with E-state index >= 15 is 0 Å². The van der Waals surface area contributed by atoms with Gasteiger partial charge in [0.1, 0.15) is 12.4 Å². The molecule has 9 nitrogen and oxygen atoms in total. The number of nitrogens with zero attached hydrogens (tertiary/aromatic N) is 5. The Morgan fingerprint density at radius 3 is 1.46 bits per heavy atom. The lowest BCUT2D eigenvalue weighted by Gasteiger charge is -2.03. The Balaban J connectivity index is 1.94. The number of hydrogen-bond donors (Lipinski definition) is 0. The number of rotatable bonds is 4. The van der Waals surface area contributed by atoms with E-state index < -0.39 is 9.85 Å². The average Bonchev–Trinajstić information content (AvgIpc) is 2.62. The summed E-state index contributed by atoms with van der Waals surface area (Å²) in [6.45, 7) is 0. The van der Waals surface area contributed by atoms with Crippen LogP contribution >= 0.6 is 0 Å². The molecular formula is C15H9N5O4. The van der Waals surface area contributed by atoms with Crippen LogP contribution in [0.3, 0.4) is 0 Å². The van der Waals surface area contributed by atoms with Crippen molar-refractivity contribution in [2.75, 3.05) is 0 Å². The Bertz CT molecular complexity index is 837. The van der Waals surface area contributed by atoms with Crippen molar-refractivity contribution in [2.24, 2.45) is 0 Å². The third-order valence-corrected chi connectivity index (χ3v) is 3.19. The van der Waals surface area contributed by atoms with E-state index in [9.17, 15) is 20.2 Å². The fraction of sp³-hybridized carbons (Fsp3) is 0. The second kappa shape index (κ2) is 6.16. The summed E-state index contributed by atoms with van der Waals surface area (Å²) in [5, 5.41) is 21.3. The van der Waals surface area contributed by atoms with Crippen molar-refractivity contribution >= 4 is 11.4 Å². The van der Waals surface area contributed by atoms with E-state index in [1.165, 1.54) is 24.3 Å². The molecule has 3 aromatic rings. The molecule has 0 aromatic carbocycles. The maximum Gasteiger partial charge on any atom is 0.287 e. The van der Waals surface area contributed by atoms with Gasteiger partial charge in [0.05, 0.1) is 32.6 Å². The van der Waals surface area contributed by atoms with Crippen molar-refractivity contribution in [2.45, 2.75) is 0 Å². The molecule has 0 N–H and O–H groups in total. The van der Waals surface area contributed by atoms with Gasteiger partial charge in [0, 0.05) is 12.1 Å². The number of aromatic nitrogens is 3. The minimum Gasteiger partial charge on any atom is -0.258 e. The zero-order valence-corrected chi connectivity index (χ0v) is 12.1. The molecule has 0 bridgehead atoms. The highest BCUT2D eigenvalue weighted by Gasteiger charge is 2.10. The Kier molecular flexibility index (Phi) is 3.89. The summed E-state index contributed by atoms with van der Waals surface area (Å²) in [6.07, 6.45) is 2.32. The van der Waals surface area contributed by atoms with Crippen LogP contribution in [0.15, 0.2) is 54.9 Å². The molecule has 0 saturated heterocycles. The quantitative estimate of drug-likeness (QED) is 0.533. The Morgan fingerprint density at radius 2 is 1.12 bits per heavy atom. The molecule has 0 atom stereocenters. The lowest BCUT2D eigenvalue weighted by Crippen LogP contribution is -1.94. The van der Waals surface area contributed by atoms with Gasteiger partial charge in [-0.25, -0.2) is 15.0 Å². The van der Waals surface area contributed by atoms with Gasteiger partial charge in [-0.05, 0) is 24.3 Å². The normalized spacial score (nSPS) is 10.3. The average molecular weight is 323 g/mol. The van der Waals surface area contributed by atoms with Crippen LogP contribution < -0.4 is 0 Å². The molecule has 0 aliphatic heterocycles. The van der Waals surface area contributed by atoms with E-state index in [1.54, 1.807) is 18.2 Å². The van der Waals surface area contributed by atoms with Gasteiger partial charge >= 0.3 is 0 Å². The molecular weight excluding hydrogens is 314 g/mol. The molecule has 0 spiro atoms. The summed E-state index contributed by atoms with van der Waals surface area (Å²) in [4.78, 5) is 32.7. The number of pyridine rings is 3. The minimum absolute atomic E-state index is 0.105. The van der Waals surface area contributed by atoms with E-state index in [2.05, 4.69) is 15.0 Å². The minimum atomic E-state index is -0.526. The molecule has 3 aromatic heterocycles. The predicted molar refractivity (Wildman–Crippen MR) is 84.0 cm³/mol. The van der Waals surface area contributed by atoms with Crippen molar-refractivity contribution in [3.8, 4) is 22.8 Å². The SMILES string of the molecule is O=[N+]([O-])c1ccc(-c2cccc(-c3ccc([N+](=O)[O-])cn3)n2)nc1. The smallest absolute Gasteiger partial charge is 0.258 e. The molecule has 0 aliphatic rings. The van der Waals surface area contributed by atoms with E-state index in [-0.39, 0.29) is 11.4 Å². The van der Waals surface area contributed by atoms with Gasteiger partial charge in [-0.3, -0.25) is 20.2 Å². The lowest BCUT2D eigenvalue weighted by atomic mass is 10.2. The van der Waals surface area contributed by atoms with Crippen molar-refractivity contribution in [3.63, 3.8) is 0 Å². The first-order valence-electron chi connectivity index (χ1n) is 6.73. The van der Waals surface area contributed by atoms with Gasteiger partial charge in [0.25, 0.3) is 11.4 Å². The van der Waals surface area contributed by atoms with Crippen LogP contribution in [-0.2, 0) is 0 Å². The van der Waals surface area contributed by atoms with E-state index in [0.717, 1.165) is 12.4 Å². The maximum atomic E-state index is 10.7. The Hall–Kier alpha value is -3.75. The van der Waals surface area contributed by atoms with Crippen molar-refractivity contribution in [1.29, 1.82) is 0 Å². The Labute approximate surface area is 135 Å². The largest absolute Gasteiger partial charge is 0.287 e. The first-order chi connectivity index (χ1) is 11.5. The van der Waals surface area contributed by atoms with Gasteiger partial charge in [-0.15, -0.1) is 0 Å². The van der Waals surface area contributed by atoms with Crippen LogP contribution in [0.4, 0.5) is 11.4 Å². The van der Waals surface area contributed by atoms with E-state index in [1.807, 2.05) is 0 Å². The third kappa shape index (κ3) is 3.04. The molecule has 118 valence electrons. The highest BCUT2D eigenvalue weighted by Crippen LogP contribution is 2.22. The molecule has 0 unspecified atom stereocenters. The van der Waals surface area contributed by atoms with Crippen LogP contribution in [0.25, 0.3) is 22.8 Å². The number of hydrogen-bond acceptors (Lipinski definition) is 7. The molecule has 3 heterocycles. The topological polar surface area (TPSA) is 125 Å². The van der Waals surface area contributed by atoms with Gasteiger partial charge in [-0.1, -0.05) is 6.07 Å². The highest BCUT2D eigenvalue weighted by atomic mass is 16.6. The van der Waals surface area contributed by atoms with Crippen molar-refractivity contribution in [1.82, 2.24) is 15.0 Å². The second-order valence-electron chi connectivity index (χ2n) is 4.73. The first-order valence-corrected chi connectivity index (χ1v) is 6.73.